The Morgan fingerprint density at radius 2 is 2.04 bits per heavy atom. The van der Waals surface area contributed by atoms with Crippen LogP contribution in [0.1, 0.15) is 49.0 Å². The van der Waals surface area contributed by atoms with E-state index in [4.69, 9.17) is 9.47 Å². The summed E-state index contributed by atoms with van der Waals surface area (Å²) in [5.74, 6) is -0.175. The molecule has 1 N–H and O–H groups in total. The number of carbonyl (C=O) groups is 2. The van der Waals surface area contributed by atoms with Crippen LogP contribution in [0.25, 0.3) is 10.1 Å². The van der Waals surface area contributed by atoms with Gasteiger partial charge in [0, 0.05) is 30.0 Å². The Balaban J connectivity index is 1.97. The molecule has 1 fully saturated rings. The highest BCUT2D eigenvalue weighted by Gasteiger charge is 2.37. The van der Waals surface area contributed by atoms with Crippen LogP contribution in [0, 0.1) is 0 Å². The van der Waals surface area contributed by atoms with Crippen LogP contribution in [0.5, 0.6) is 0 Å². The van der Waals surface area contributed by atoms with Crippen LogP contribution < -0.4 is 5.32 Å². The van der Waals surface area contributed by atoms with Gasteiger partial charge in [0.25, 0.3) is 11.8 Å². The van der Waals surface area contributed by atoms with Gasteiger partial charge in [-0.2, -0.15) is 0 Å². The van der Waals surface area contributed by atoms with Crippen molar-refractivity contribution in [3.05, 3.63) is 34.7 Å². The summed E-state index contributed by atoms with van der Waals surface area (Å²) in [6.07, 6.45) is -0.352. The molecule has 6 nitrogen and oxygen atoms in total. The maximum absolute atomic E-state index is 12.9. The van der Waals surface area contributed by atoms with E-state index in [2.05, 4.69) is 5.32 Å². The first-order valence-electron chi connectivity index (χ1n) is 9.53. The topological polar surface area (TPSA) is 67.9 Å². The number of nitrogens with zero attached hydrogens (tertiary/aromatic N) is 1. The average Bonchev–Trinajstić information content (AvgIpc) is 3.06. The molecule has 2 aromatic rings. The molecule has 7 heteroatoms. The van der Waals surface area contributed by atoms with E-state index >= 15 is 0 Å². The van der Waals surface area contributed by atoms with Crippen molar-refractivity contribution in [2.45, 2.75) is 45.4 Å². The molecule has 1 aliphatic rings. The second-order valence-electron chi connectivity index (χ2n) is 7.79. The lowest BCUT2D eigenvalue weighted by molar-refractivity contribution is -0.158. The highest BCUT2D eigenvalue weighted by atomic mass is 32.1. The van der Waals surface area contributed by atoms with E-state index < -0.39 is 5.60 Å². The fourth-order valence-electron chi connectivity index (χ4n) is 3.36. The Morgan fingerprint density at radius 1 is 1.32 bits per heavy atom. The summed E-state index contributed by atoms with van der Waals surface area (Å²) in [6.45, 7) is 8.74. The minimum atomic E-state index is -0.892. The van der Waals surface area contributed by atoms with Crippen molar-refractivity contribution in [2.24, 2.45) is 0 Å². The Bertz CT molecular complexity index is 874. The molecule has 28 heavy (non-hydrogen) atoms. The van der Waals surface area contributed by atoms with Gasteiger partial charge >= 0.3 is 0 Å². The predicted octanol–water partition coefficient (Wildman–Crippen LogP) is 3.36. The number of nitrogens with one attached hydrogen (secondary N) is 1. The van der Waals surface area contributed by atoms with Crippen LogP contribution in [0.4, 0.5) is 0 Å². The molecular formula is C21H28N2O4S. The smallest absolute Gasteiger partial charge is 0.261 e. The third-order valence-corrected chi connectivity index (χ3v) is 6.15. The zero-order chi connectivity index (χ0) is 20.5. The molecule has 1 atom stereocenters. The highest BCUT2D eigenvalue weighted by molar-refractivity contribution is 7.21. The molecule has 1 aromatic heterocycles. The van der Waals surface area contributed by atoms with Crippen molar-refractivity contribution in [3.63, 3.8) is 0 Å². The van der Waals surface area contributed by atoms with Gasteiger partial charge in [-0.15, -0.1) is 11.3 Å². The summed E-state index contributed by atoms with van der Waals surface area (Å²) in [4.78, 5) is 28.1. The summed E-state index contributed by atoms with van der Waals surface area (Å²) in [6, 6.07) is 7.98. The summed E-state index contributed by atoms with van der Waals surface area (Å²) >= 11 is 1.47. The molecule has 0 radical (unpaired) electrons. The van der Waals surface area contributed by atoms with Crippen molar-refractivity contribution >= 4 is 33.2 Å². The lowest BCUT2D eigenvalue weighted by atomic mass is 10.0. The quantitative estimate of drug-likeness (QED) is 0.830. The molecule has 1 aromatic carbocycles. The summed E-state index contributed by atoms with van der Waals surface area (Å²) in [5.41, 5.74) is -0.0253. The zero-order valence-corrected chi connectivity index (χ0v) is 17.9. The molecular weight excluding hydrogens is 376 g/mol. The van der Waals surface area contributed by atoms with Gasteiger partial charge in [-0.3, -0.25) is 9.59 Å². The molecule has 0 spiro atoms. The third-order valence-electron chi connectivity index (χ3n) is 4.96. The zero-order valence-electron chi connectivity index (χ0n) is 17.1. The molecule has 1 saturated heterocycles. The normalized spacial score (nSPS) is 17.9. The first-order chi connectivity index (χ1) is 13.2. The van der Waals surface area contributed by atoms with E-state index in [1.807, 2.05) is 38.1 Å². The standard InChI is InChI=1S/C21H28N2O4S/c1-13(2)22-19(24)18-17(14-8-6-7-9-16(14)28-18)15-12-23(10-11-27-15)20(25)21(3,4)26-5/h6-9,13,15H,10-12H2,1-5H3,(H,22,24)/t15-/m1/s1. The SMILES string of the molecule is COC(C)(C)C(=O)N1CCO[C@@H](c2c(C(=O)NC(C)C)sc3ccccc23)C1. The molecule has 0 bridgehead atoms. The first-order valence-corrected chi connectivity index (χ1v) is 10.3. The Kier molecular flexibility index (Phi) is 6.07. The maximum atomic E-state index is 12.9. The molecule has 1 aliphatic heterocycles. The van der Waals surface area contributed by atoms with Gasteiger partial charge in [0.05, 0.1) is 18.0 Å². The van der Waals surface area contributed by atoms with E-state index in [1.54, 1.807) is 18.7 Å². The van der Waals surface area contributed by atoms with Crippen molar-refractivity contribution < 1.29 is 19.1 Å². The fourth-order valence-corrected chi connectivity index (χ4v) is 4.52. The molecule has 152 valence electrons. The Labute approximate surface area is 169 Å². The Morgan fingerprint density at radius 3 is 2.71 bits per heavy atom. The van der Waals surface area contributed by atoms with Gasteiger partial charge in [0.1, 0.15) is 11.7 Å². The number of ether oxygens (including phenoxy) is 2. The van der Waals surface area contributed by atoms with Crippen LogP contribution in [-0.2, 0) is 14.3 Å². The van der Waals surface area contributed by atoms with Crippen LogP contribution in [-0.4, -0.2) is 55.2 Å². The predicted molar refractivity (Wildman–Crippen MR) is 111 cm³/mol. The molecule has 0 aliphatic carbocycles. The van der Waals surface area contributed by atoms with Gasteiger partial charge < -0.3 is 19.7 Å². The minimum absolute atomic E-state index is 0.0402. The average molecular weight is 405 g/mol. The number of hydrogen-bond acceptors (Lipinski definition) is 5. The number of benzene rings is 1. The third kappa shape index (κ3) is 4.06. The number of amides is 2. The van der Waals surface area contributed by atoms with Crippen molar-refractivity contribution in [3.8, 4) is 0 Å². The number of thiophene rings is 1. The number of morpholine rings is 1. The number of rotatable bonds is 5. The fraction of sp³-hybridized carbons (Fsp3) is 0.524. The number of hydrogen-bond donors (Lipinski definition) is 1. The number of fused-ring (bicyclic) bond motifs is 1. The second kappa shape index (κ2) is 8.19. The summed E-state index contributed by atoms with van der Waals surface area (Å²) in [5, 5.41) is 3.99. The van der Waals surface area contributed by atoms with Crippen molar-refractivity contribution in [1.82, 2.24) is 10.2 Å². The molecule has 3 rings (SSSR count). The second-order valence-corrected chi connectivity index (χ2v) is 8.85. The first kappa shape index (κ1) is 20.8. The van der Waals surface area contributed by atoms with E-state index in [0.29, 0.717) is 24.6 Å². The Hall–Kier alpha value is -1.96. The number of methoxy groups -OCH3 is 1. The number of carbonyl (C=O) groups excluding carboxylic acids is 2. The lowest BCUT2D eigenvalue weighted by Crippen LogP contribution is -2.51. The van der Waals surface area contributed by atoms with Crippen LogP contribution in [0.3, 0.4) is 0 Å². The minimum Gasteiger partial charge on any atom is -0.370 e. The van der Waals surface area contributed by atoms with E-state index in [0.717, 1.165) is 15.6 Å². The van der Waals surface area contributed by atoms with E-state index in [9.17, 15) is 9.59 Å². The van der Waals surface area contributed by atoms with Gasteiger partial charge in [-0.05, 0) is 39.1 Å². The summed E-state index contributed by atoms with van der Waals surface area (Å²) in [7, 11) is 1.54. The van der Waals surface area contributed by atoms with Crippen molar-refractivity contribution in [2.75, 3.05) is 26.8 Å². The van der Waals surface area contributed by atoms with Crippen LogP contribution >= 0.6 is 11.3 Å². The summed E-state index contributed by atoms with van der Waals surface area (Å²) < 4.78 is 12.4. The largest absolute Gasteiger partial charge is 0.370 e. The van der Waals surface area contributed by atoms with E-state index in [-0.39, 0.29) is 24.0 Å². The van der Waals surface area contributed by atoms with Gasteiger partial charge in [0.15, 0.2) is 0 Å². The maximum Gasteiger partial charge on any atom is 0.261 e. The molecule has 2 amide bonds. The lowest BCUT2D eigenvalue weighted by Gasteiger charge is -2.37. The monoisotopic (exact) mass is 404 g/mol. The van der Waals surface area contributed by atoms with Crippen LogP contribution in [0.2, 0.25) is 0 Å². The molecule has 0 unspecified atom stereocenters. The van der Waals surface area contributed by atoms with Crippen molar-refractivity contribution in [1.29, 1.82) is 0 Å². The van der Waals surface area contributed by atoms with Gasteiger partial charge in [-0.25, -0.2) is 0 Å². The van der Waals surface area contributed by atoms with E-state index in [1.165, 1.54) is 18.4 Å². The van der Waals surface area contributed by atoms with Gasteiger partial charge in [0.2, 0.25) is 0 Å². The highest BCUT2D eigenvalue weighted by Crippen LogP contribution is 2.38. The van der Waals surface area contributed by atoms with Crippen LogP contribution in [0.15, 0.2) is 24.3 Å². The molecule has 0 saturated carbocycles. The molecule has 2 heterocycles. The van der Waals surface area contributed by atoms with Gasteiger partial charge in [-0.1, -0.05) is 18.2 Å².